The minimum atomic E-state index is 0.452. The van der Waals surface area contributed by atoms with Crippen LogP contribution in [0.4, 0.5) is 0 Å². The van der Waals surface area contributed by atoms with Crippen molar-refractivity contribution in [3.05, 3.63) is 19.4 Å². The molecule has 0 saturated heterocycles. The SMILES string of the molecule is CCOCC(NC1CCCc2sc(I)cc21)C(C)C. The Hall–Kier alpha value is 0.350. The summed E-state index contributed by atoms with van der Waals surface area (Å²) in [5.74, 6) is 0.606. The molecule has 2 atom stereocenters. The molecule has 0 radical (unpaired) electrons. The van der Waals surface area contributed by atoms with E-state index >= 15 is 0 Å². The number of nitrogens with one attached hydrogen (secondary N) is 1. The van der Waals surface area contributed by atoms with Crippen molar-refractivity contribution in [3.8, 4) is 0 Å². The molecule has 0 fully saturated rings. The van der Waals surface area contributed by atoms with Gasteiger partial charge < -0.3 is 10.1 Å². The van der Waals surface area contributed by atoms with E-state index in [1.807, 2.05) is 11.3 Å². The Bertz CT molecular complexity index is 405. The monoisotopic (exact) mass is 393 g/mol. The lowest BCUT2D eigenvalue weighted by atomic mass is 9.92. The average Bonchev–Trinajstić information content (AvgIpc) is 2.75. The lowest BCUT2D eigenvalue weighted by Crippen LogP contribution is -2.41. The molecule has 2 rings (SSSR count). The van der Waals surface area contributed by atoms with E-state index in [4.69, 9.17) is 4.74 Å². The van der Waals surface area contributed by atoms with Crippen molar-refractivity contribution in [2.24, 2.45) is 5.92 Å². The Kier molecular flexibility index (Phi) is 6.11. The van der Waals surface area contributed by atoms with E-state index in [2.05, 4.69) is 54.7 Å². The summed E-state index contributed by atoms with van der Waals surface area (Å²) in [4.78, 5) is 1.59. The molecular weight excluding hydrogens is 369 g/mol. The first-order valence-corrected chi connectivity index (χ1v) is 9.13. The number of fused-ring (bicyclic) bond motifs is 1. The predicted molar refractivity (Wildman–Crippen MR) is 91.0 cm³/mol. The summed E-state index contributed by atoms with van der Waals surface area (Å²) < 4.78 is 7.05. The lowest BCUT2D eigenvalue weighted by Gasteiger charge is -2.31. The van der Waals surface area contributed by atoms with Gasteiger partial charge in [0.05, 0.1) is 9.49 Å². The molecule has 0 saturated carbocycles. The van der Waals surface area contributed by atoms with Crippen molar-refractivity contribution in [2.45, 2.75) is 52.1 Å². The zero-order chi connectivity index (χ0) is 13.8. The molecule has 0 bridgehead atoms. The van der Waals surface area contributed by atoms with Gasteiger partial charge >= 0.3 is 0 Å². The van der Waals surface area contributed by atoms with Crippen molar-refractivity contribution < 1.29 is 4.74 Å². The molecule has 1 aromatic rings. The minimum absolute atomic E-state index is 0.452. The molecule has 1 aliphatic rings. The second kappa shape index (κ2) is 7.38. The molecule has 1 N–H and O–H groups in total. The molecule has 19 heavy (non-hydrogen) atoms. The highest BCUT2D eigenvalue weighted by Crippen LogP contribution is 2.36. The van der Waals surface area contributed by atoms with Gasteiger partial charge in [0.2, 0.25) is 0 Å². The Morgan fingerprint density at radius 2 is 2.32 bits per heavy atom. The molecule has 1 aliphatic carbocycles. The van der Waals surface area contributed by atoms with Gasteiger partial charge in [0.1, 0.15) is 0 Å². The lowest BCUT2D eigenvalue weighted by molar-refractivity contribution is 0.102. The minimum Gasteiger partial charge on any atom is -0.380 e. The fraction of sp³-hybridized carbons (Fsp3) is 0.733. The quantitative estimate of drug-likeness (QED) is 0.725. The van der Waals surface area contributed by atoms with Gasteiger partial charge in [-0.2, -0.15) is 0 Å². The van der Waals surface area contributed by atoms with E-state index in [-0.39, 0.29) is 0 Å². The first-order chi connectivity index (χ1) is 9.11. The third-order valence-electron chi connectivity index (χ3n) is 3.81. The summed E-state index contributed by atoms with van der Waals surface area (Å²) in [6.07, 6.45) is 3.83. The fourth-order valence-corrected chi connectivity index (χ4v) is 4.75. The maximum atomic E-state index is 5.63. The molecule has 1 aromatic heterocycles. The van der Waals surface area contributed by atoms with Crippen molar-refractivity contribution in [3.63, 3.8) is 0 Å². The number of ether oxygens (including phenoxy) is 1. The summed E-state index contributed by atoms with van der Waals surface area (Å²) in [6, 6.07) is 3.35. The molecule has 108 valence electrons. The normalized spacial score (nSPS) is 20.6. The van der Waals surface area contributed by atoms with E-state index in [0.717, 1.165) is 13.2 Å². The van der Waals surface area contributed by atoms with Crippen molar-refractivity contribution in [1.82, 2.24) is 5.32 Å². The predicted octanol–water partition coefficient (Wildman–Crippen LogP) is 4.38. The van der Waals surface area contributed by atoms with E-state index in [1.54, 1.807) is 10.4 Å². The maximum Gasteiger partial charge on any atom is 0.0659 e. The summed E-state index contributed by atoms with van der Waals surface area (Å²) >= 11 is 4.41. The Morgan fingerprint density at radius 1 is 1.53 bits per heavy atom. The van der Waals surface area contributed by atoms with Gasteiger partial charge in [-0.3, -0.25) is 0 Å². The van der Waals surface area contributed by atoms with Gasteiger partial charge in [0, 0.05) is 23.6 Å². The topological polar surface area (TPSA) is 21.3 Å². The van der Waals surface area contributed by atoms with Gasteiger partial charge in [0.25, 0.3) is 0 Å². The highest BCUT2D eigenvalue weighted by molar-refractivity contribution is 14.1. The van der Waals surface area contributed by atoms with Crippen LogP contribution in [0.25, 0.3) is 0 Å². The Labute approximate surface area is 134 Å². The molecule has 4 heteroatoms. The van der Waals surface area contributed by atoms with Crippen LogP contribution in [0.1, 0.15) is 50.1 Å². The van der Waals surface area contributed by atoms with Gasteiger partial charge in [-0.15, -0.1) is 11.3 Å². The highest BCUT2D eigenvalue weighted by Gasteiger charge is 2.25. The first-order valence-electron chi connectivity index (χ1n) is 7.23. The molecule has 1 heterocycles. The first kappa shape index (κ1) is 15.7. The second-order valence-electron chi connectivity index (χ2n) is 5.55. The Morgan fingerprint density at radius 3 is 3.00 bits per heavy atom. The number of hydrogen-bond acceptors (Lipinski definition) is 3. The largest absolute Gasteiger partial charge is 0.380 e. The smallest absolute Gasteiger partial charge is 0.0659 e. The molecule has 2 unspecified atom stereocenters. The molecular formula is C15H24INOS. The van der Waals surface area contributed by atoms with Crippen LogP contribution in [-0.4, -0.2) is 19.3 Å². The molecule has 0 amide bonds. The van der Waals surface area contributed by atoms with E-state index in [1.165, 1.54) is 22.1 Å². The second-order valence-corrected chi connectivity index (χ2v) is 8.58. The summed E-state index contributed by atoms with van der Waals surface area (Å²) in [5, 5.41) is 3.84. The fourth-order valence-electron chi connectivity index (χ4n) is 2.63. The zero-order valence-electron chi connectivity index (χ0n) is 12.0. The van der Waals surface area contributed by atoms with E-state index in [0.29, 0.717) is 18.0 Å². The van der Waals surface area contributed by atoms with E-state index in [9.17, 15) is 0 Å². The number of aryl methyl sites for hydroxylation is 1. The van der Waals surface area contributed by atoms with Crippen LogP contribution >= 0.6 is 33.9 Å². The Balaban J connectivity index is 2.05. The maximum absolute atomic E-state index is 5.63. The van der Waals surface area contributed by atoms with Crippen LogP contribution in [-0.2, 0) is 11.2 Å². The molecule has 0 aliphatic heterocycles. The van der Waals surface area contributed by atoms with Gasteiger partial charge in [-0.1, -0.05) is 13.8 Å². The molecule has 0 aromatic carbocycles. The summed E-state index contributed by atoms with van der Waals surface area (Å²) in [5.41, 5.74) is 1.54. The number of rotatable bonds is 6. The third-order valence-corrected chi connectivity index (χ3v) is 5.78. The molecule has 0 spiro atoms. The number of thiophene rings is 1. The number of hydrogen-bond donors (Lipinski definition) is 1. The van der Waals surface area contributed by atoms with E-state index < -0.39 is 0 Å². The van der Waals surface area contributed by atoms with Crippen LogP contribution < -0.4 is 5.32 Å². The average molecular weight is 393 g/mol. The highest BCUT2D eigenvalue weighted by atomic mass is 127. The van der Waals surface area contributed by atoms with Crippen molar-refractivity contribution in [1.29, 1.82) is 0 Å². The van der Waals surface area contributed by atoms with Gasteiger partial charge in [0.15, 0.2) is 0 Å². The van der Waals surface area contributed by atoms with Crippen molar-refractivity contribution >= 4 is 33.9 Å². The van der Waals surface area contributed by atoms with Crippen LogP contribution in [0, 0.1) is 8.80 Å². The van der Waals surface area contributed by atoms with Crippen LogP contribution in [0.2, 0.25) is 0 Å². The van der Waals surface area contributed by atoms with Gasteiger partial charge in [-0.05, 0) is 66.3 Å². The van der Waals surface area contributed by atoms with Crippen LogP contribution in [0.15, 0.2) is 6.07 Å². The summed E-state index contributed by atoms with van der Waals surface area (Å²) in [7, 11) is 0. The third kappa shape index (κ3) is 4.16. The van der Waals surface area contributed by atoms with Gasteiger partial charge in [-0.25, -0.2) is 0 Å². The standard InChI is InChI=1S/C15H24INOS/c1-4-18-9-13(10(2)3)17-12-6-5-7-14-11(12)8-15(16)19-14/h8,10,12-13,17H,4-7,9H2,1-3H3. The van der Waals surface area contributed by atoms with Crippen LogP contribution in [0.3, 0.4) is 0 Å². The van der Waals surface area contributed by atoms with Crippen molar-refractivity contribution in [2.75, 3.05) is 13.2 Å². The number of halogens is 1. The summed E-state index contributed by atoms with van der Waals surface area (Å²) in [6.45, 7) is 8.24. The molecule has 2 nitrogen and oxygen atoms in total. The zero-order valence-corrected chi connectivity index (χ0v) is 15.0. The van der Waals surface area contributed by atoms with Crippen LogP contribution in [0.5, 0.6) is 0 Å².